The molecule has 10 aromatic carbocycles. The molecule has 1 unspecified atom stereocenters. The molecule has 0 spiro atoms. The van der Waals surface area contributed by atoms with Gasteiger partial charge < -0.3 is 94.4 Å². The molecule has 5 aromatic heterocycles. The Morgan fingerprint density at radius 2 is 0.647 bits per heavy atom. The lowest BCUT2D eigenvalue weighted by molar-refractivity contribution is 0.0794. The van der Waals surface area contributed by atoms with E-state index in [0.717, 1.165) is 217 Å². The number of nitrogens with one attached hydrogen (secondary N) is 5. The molecule has 1 saturated carbocycles. The second kappa shape index (κ2) is 49.7. The topological polar surface area (TPSA) is 383 Å². The predicted octanol–water partition coefficient (Wildman–Crippen LogP) is 25.5. The summed E-state index contributed by atoms with van der Waals surface area (Å²) in [4.78, 5) is 76.8. The molecular weight excluding hydrogens is 2220 g/mol. The van der Waals surface area contributed by atoms with Crippen molar-refractivity contribution in [2.24, 2.45) is 62.6 Å². The molecule has 6 aliphatic heterocycles. The second-order valence-electron chi connectivity index (χ2n) is 37.7. The number of hydrogen-bond acceptors (Lipinski definition) is 25. The van der Waals surface area contributed by atoms with Crippen LogP contribution < -0.4 is 0 Å². The van der Waals surface area contributed by atoms with Crippen molar-refractivity contribution in [3.8, 4) is 29.4 Å². The maximum Gasteiger partial charge on any atom is 0.199 e. The number of aromatic hydroxyl groups is 5. The number of nitrogens with zero attached hydrogens (tertiary/aromatic N) is 14. The number of rotatable bonds is 33. The minimum Gasteiger partial charge on any atom is -0.494 e. The Morgan fingerprint density at radius 3 is 0.940 bits per heavy atom. The van der Waals surface area contributed by atoms with Gasteiger partial charge in [-0.25, -0.2) is 25.0 Å². The SMILES string of the molecule is CC(O)CN(C)CCO/N=C1/C(c2c(O)[nH]c3ccc(Br)cc23)=Nc2ccccc21.CCC(CC)CCO/N=C1/C(c2c(O)[nH]c3ccc(Br)cc23)=Nc2ccccc21.CCCN1CCN(CCO/N=C2/C(c3c(O)[nH]c4ccc(Br)cc34)=Nc3ccccc32)CC1.CCN(CC)CCO/N=C1/C(c2c(O)[nH]c3ccc(Br)cc23)=Nc2ccccc21.Oc1[nH]c2ccc(Br)cc2c1C1=Nc2ccccc2/C1=N\OCCC1CCCC1. The van der Waals surface area contributed by atoms with Crippen molar-refractivity contribution >= 4 is 220 Å². The third kappa shape index (κ3) is 24.5. The smallest absolute Gasteiger partial charge is 0.199 e. The van der Waals surface area contributed by atoms with Crippen LogP contribution in [0.4, 0.5) is 28.4 Å². The lowest BCUT2D eigenvalue weighted by Gasteiger charge is -2.34. The van der Waals surface area contributed by atoms with E-state index in [1.54, 1.807) is 6.92 Å². The van der Waals surface area contributed by atoms with Crippen molar-refractivity contribution < 1.29 is 54.8 Å². The zero-order valence-electron chi connectivity index (χ0n) is 84.5. The van der Waals surface area contributed by atoms with Crippen LogP contribution in [0.25, 0.3) is 54.5 Å². The molecule has 0 radical (unpaired) electrons. The molecule has 1 atom stereocenters. The number of fused-ring (bicyclic) bond motifs is 10. The summed E-state index contributed by atoms with van der Waals surface area (Å²) in [6.07, 6.45) is 10.4. The van der Waals surface area contributed by atoms with E-state index in [1.165, 1.54) is 38.6 Å². The second-order valence-corrected chi connectivity index (χ2v) is 42.3. The third-order valence-electron chi connectivity index (χ3n) is 27.6. The van der Waals surface area contributed by atoms with Gasteiger partial charge in [0.2, 0.25) is 0 Å². The molecule has 1 aliphatic carbocycles. The minimum absolute atomic E-state index is 0.0408. The Bertz CT molecular complexity index is 7360. The fourth-order valence-corrected chi connectivity index (χ4v) is 21.6. The van der Waals surface area contributed by atoms with Crippen LogP contribution in [0.1, 0.15) is 155 Å². The number of aromatic nitrogens is 5. The first kappa shape index (κ1) is 107. The van der Waals surface area contributed by atoms with Gasteiger partial charge in [0.15, 0.2) is 29.4 Å². The van der Waals surface area contributed by atoms with Crippen molar-refractivity contribution in [1.29, 1.82) is 0 Å². The van der Waals surface area contributed by atoms with Crippen molar-refractivity contribution in [2.75, 3.05) is 112 Å². The highest BCUT2D eigenvalue weighted by molar-refractivity contribution is 9.11. The molecule has 35 heteroatoms. The Balaban J connectivity index is 0.000000122. The van der Waals surface area contributed by atoms with Crippen molar-refractivity contribution in [2.45, 2.75) is 105 Å². The standard InChI is InChI=1S/C25H28BrN5O2.C23H22BrN3O2.C23H24BrN3O2.C22H23BrN4O3.C22H23BrN4O2/c1-2-9-30-10-12-31(13-11-30)14-15-33-29-23-18-5-3-4-6-20(18)27-24(23)22-19-16-17(26)7-8-21(19)28-25(22)32;24-15-9-10-19-17(13-15)20(23(28)26-19)22-21(16-7-3-4-8-18(16)25-22)27-29-12-11-14-5-1-2-6-14;1-3-14(4-2)11-12-29-27-21-16-7-5-6-8-18(16)25-22(21)20-17-13-15(24)9-10-19(17)26-23(20)28;1-13(28)12-27(2)9-10-30-26-20-15-5-3-4-6-17(15)24-21(20)19-16-11-14(23)7-8-18(16)25-22(19)29;1-3-27(4-2)11-12-29-26-20-15-7-5-6-8-17(15)24-21(20)19-16-13-14(23)9-10-18(16)25-22(19)28/h3-8,16,28,32H,2,9-15H2,1H3;3-4,7-10,13-14,26,28H,1-2,5-6,11-12H2;5-10,13-14,26,28H,3-4,11-12H2,1-2H3;3-8,11,13,25,28-29H,9-10,12H2,1-2H3;5-10,13,25,28H,3-4,11-12H2,1-2H3/b29-23+;2*27-21+;2*26-20+. The van der Waals surface area contributed by atoms with E-state index in [2.05, 4.69) is 180 Å². The van der Waals surface area contributed by atoms with E-state index < -0.39 is 6.10 Å². The van der Waals surface area contributed by atoms with E-state index in [-0.39, 0.29) is 29.4 Å². The molecule has 7 aliphatic rings. The lowest BCUT2D eigenvalue weighted by atomic mass is 10.0. The molecule has 1 saturated heterocycles. The number of likely N-dealkylation sites (N-methyl/N-ethyl adjacent to an activating group) is 2. The summed E-state index contributed by atoms with van der Waals surface area (Å²) in [5, 5.41) is 89.4. The Kier molecular flexibility index (Phi) is 35.3. The fraction of sp³-hybridized carbons (Fsp3) is 0.304. The van der Waals surface area contributed by atoms with Gasteiger partial charge in [0.05, 0.1) is 62.4 Å². The normalized spacial score (nSPS) is 16.2. The van der Waals surface area contributed by atoms with E-state index in [4.69, 9.17) is 49.1 Å². The number of oxime groups is 5. The summed E-state index contributed by atoms with van der Waals surface area (Å²) >= 11 is 17.6. The van der Waals surface area contributed by atoms with Gasteiger partial charge in [0.1, 0.15) is 90.2 Å². The molecule has 776 valence electrons. The third-order valence-corrected chi connectivity index (χ3v) is 30.1. The number of aromatic amines is 5. The maximum absolute atomic E-state index is 10.7. The first-order chi connectivity index (χ1) is 73.0. The summed E-state index contributed by atoms with van der Waals surface area (Å²) in [5.41, 5.74) is 22.1. The molecule has 11 N–H and O–H groups in total. The van der Waals surface area contributed by atoms with E-state index in [9.17, 15) is 30.6 Å². The highest BCUT2D eigenvalue weighted by Gasteiger charge is 2.37. The average Bonchev–Trinajstić information content (AvgIpc) is 1.62. The van der Waals surface area contributed by atoms with Gasteiger partial charge in [0, 0.05) is 157 Å². The van der Waals surface area contributed by atoms with Gasteiger partial charge in [-0.1, -0.05) is 270 Å². The van der Waals surface area contributed by atoms with Gasteiger partial charge in [0.25, 0.3) is 0 Å². The zero-order valence-corrected chi connectivity index (χ0v) is 92.4. The number of benzene rings is 10. The van der Waals surface area contributed by atoms with Gasteiger partial charge in [-0.2, -0.15) is 0 Å². The molecule has 150 heavy (non-hydrogen) atoms. The lowest BCUT2D eigenvalue weighted by Crippen LogP contribution is -2.47. The van der Waals surface area contributed by atoms with Crippen LogP contribution in [0, 0.1) is 11.8 Å². The number of piperazine rings is 1. The van der Waals surface area contributed by atoms with E-state index in [0.29, 0.717) is 137 Å². The molecule has 15 aromatic rings. The highest BCUT2D eigenvalue weighted by atomic mass is 79.9. The van der Waals surface area contributed by atoms with Crippen molar-refractivity contribution in [3.63, 3.8) is 0 Å². The summed E-state index contributed by atoms with van der Waals surface area (Å²) in [5.74, 6) is 1.76. The number of hydrogen-bond donors (Lipinski definition) is 11. The van der Waals surface area contributed by atoms with Crippen LogP contribution >= 0.6 is 79.6 Å². The Morgan fingerprint density at radius 1 is 0.367 bits per heavy atom. The quantitative estimate of drug-likeness (QED) is 0.0134. The highest BCUT2D eigenvalue weighted by Crippen LogP contribution is 2.45. The first-order valence-corrected chi connectivity index (χ1v) is 55.0. The largest absolute Gasteiger partial charge is 0.494 e. The summed E-state index contributed by atoms with van der Waals surface area (Å²) < 4.78 is 4.63. The zero-order chi connectivity index (χ0) is 105. The van der Waals surface area contributed by atoms with E-state index in [1.807, 2.05) is 224 Å². The molecule has 30 nitrogen and oxygen atoms in total. The van der Waals surface area contributed by atoms with Crippen molar-refractivity contribution in [3.05, 3.63) is 290 Å². The van der Waals surface area contributed by atoms with Crippen LogP contribution in [-0.2, 0) is 24.2 Å². The van der Waals surface area contributed by atoms with Gasteiger partial charge >= 0.3 is 0 Å². The average molecular weight is 2340 g/mol. The maximum atomic E-state index is 10.7. The van der Waals surface area contributed by atoms with E-state index >= 15 is 0 Å². The van der Waals surface area contributed by atoms with Crippen LogP contribution in [0.5, 0.6) is 29.4 Å². The number of para-hydroxylation sites is 5. The minimum atomic E-state index is -0.397. The van der Waals surface area contributed by atoms with Crippen LogP contribution in [0.15, 0.2) is 285 Å². The number of aliphatic hydroxyl groups excluding tert-OH is 1. The molecule has 0 amide bonds. The summed E-state index contributed by atoms with van der Waals surface area (Å²) in [6.45, 7) is 25.5. The molecule has 22 rings (SSSR count). The van der Waals surface area contributed by atoms with Crippen LogP contribution in [0.3, 0.4) is 0 Å². The fourth-order valence-electron chi connectivity index (χ4n) is 19.8. The number of H-pyrrole nitrogens is 5. The Hall–Kier alpha value is -13.2. The monoisotopic (exact) mass is 2340 g/mol. The van der Waals surface area contributed by atoms with Gasteiger partial charge in [-0.3, -0.25) is 4.90 Å². The summed E-state index contributed by atoms with van der Waals surface area (Å²) in [7, 11) is 1.92. The molecule has 0 bridgehead atoms. The summed E-state index contributed by atoms with van der Waals surface area (Å²) in [6, 6.07) is 68.2. The number of aliphatic imine (C=N–C) groups is 5. The number of aliphatic hydroxyl groups is 1. The molecule has 2 fully saturated rings. The van der Waals surface area contributed by atoms with Crippen LogP contribution in [0.2, 0.25) is 0 Å². The predicted molar refractivity (Wildman–Crippen MR) is 619 cm³/mol. The van der Waals surface area contributed by atoms with Gasteiger partial charge in [-0.15, -0.1) is 0 Å². The van der Waals surface area contributed by atoms with Gasteiger partial charge in [-0.05, 0) is 186 Å². The van der Waals surface area contributed by atoms with Crippen LogP contribution in [-0.4, -0.2) is 250 Å². The first-order valence-electron chi connectivity index (χ1n) is 51.0. The Labute approximate surface area is 911 Å². The van der Waals surface area contributed by atoms with Crippen molar-refractivity contribution in [1.82, 2.24) is 44.5 Å². The number of halogens is 5. The molecule has 11 heterocycles. The molecular formula is C115H120Br5N19O11.